The Morgan fingerprint density at radius 2 is 2.21 bits per heavy atom. The van der Waals surface area contributed by atoms with E-state index in [0.717, 1.165) is 29.5 Å². The standard InChI is InChI=1S/C23H27ClN4O5/c1-3-4-12-33-26-28(31)27-11-5-10-23(27,22(29)30)20-15(2)25-13-18-19(20)14-32-21(18)16-6-8-17(24)9-7-16/h6-9,13,21H,3-5,10-12,14H2,1-2H3,(H,29,30)/t21-,23+/m0/s1. The van der Waals surface area contributed by atoms with E-state index in [-0.39, 0.29) is 24.5 Å². The summed E-state index contributed by atoms with van der Waals surface area (Å²) in [7, 11) is 0. The molecular formula is C23H27ClN4O5. The van der Waals surface area contributed by atoms with Crippen LogP contribution in [0.2, 0.25) is 5.02 Å². The van der Waals surface area contributed by atoms with E-state index < -0.39 is 17.6 Å². The quantitative estimate of drug-likeness (QED) is 0.256. The molecule has 0 unspecified atom stereocenters. The molecule has 2 aliphatic heterocycles. The smallest absolute Gasteiger partial charge is 0.340 e. The number of pyridine rings is 1. The summed E-state index contributed by atoms with van der Waals surface area (Å²) in [6.07, 6.45) is 3.74. The Morgan fingerprint density at radius 1 is 1.45 bits per heavy atom. The lowest BCUT2D eigenvalue weighted by Gasteiger charge is -2.32. The molecule has 1 saturated heterocycles. The molecule has 0 radical (unpaired) electrons. The molecule has 33 heavy (non-hydrogen) atoms. The first-order chi connectivity index (χ1) is 15.9. The maximum absolute atomic E-state index is 12.9. The van der Waals surface area contributed by atoms with Crippen LogP contribution in [0.1, 0.15) is 66.7 Å². The van der Waals surface area contributed by atoms with Crippen molar-refractivity contribution < 1.29 is 24.4 Å². The van der Waals surface area contributed by atoms with Gasteiger partial charge in [-0.3, -0.25) is 4.98 Å². The number of fused-ring (bicyclic) bond motifs is 1. The van der Waals surface area contributed by atoms with Crippen LogP contribution in [0.5, 0.6) is 0 Å². The molecule has 1 aromatic carbocycles. The van der Waals surface area contributed by atoms with Gasteiger partial charge in [0.25, 0.3) is 0 Å². The highest BCUT2D eigenvalue weighted by molar-refractivity contribution is 6.30. The highest BCUT2D eigenvalue weighted by Crippen LogP contribution is 2.47. The van der Waals surface area contributed by atoms with Crippen LogP contribution in [0.25, 0.3) is 0 Å². The molecule has 0 amide bonds. The minimum atomic E-state index is -1.61. The molecule has 176 valence electrons. The first-order valence-corrected chi connectivity index (χ1v) is 11.4. The number of aromatic nitrogens is 1. The third-order valence-corrected chi connectivity index (χ3v) is 6.55. The van der Waals surface area contributed by atoms with Gasteiger partial charge < -0.3 is 19.9 Å². The first kappa shape index (κ1) is 23.3. The van der Waals surface area contributed by atoms with Crippen molar-refractivity contribution in [3.63, 3.8) is 0 Å². The summed E-state index contributed by atoms with van der Waals surface area (Å²) in [5.74, 6) is -1.13. The molecule has 1 N–H and O–H groups in total. The number of benzene rings is 1. The summed E-state index contributed by atoms with van der Waals surface area (Å²) in [6.45, 7) is 4.51. The second kappa shape index (κ2) is 9.52. The van der Waals surface area contributed by atoms with Gasteiger partial charge in [0, 0.05) is 28.0 Å². The Labute approximate surface area is 197 Å². The number of unbranched alkanes of at least 4 members (excludes halogenated alkanes) is 1. The van der Waals surface area contributed by atoms with Crippen molar-refractivity contribution in [2.45, 2.75) is 57.8 Å². The first-order valence-electron chi connectivity index (χ1n) is 11.1. The number of rotatable bonds is 8. The normalized spacial score (nSPS) is 22.5. The van der Waals surface area contributed by atoms with Gasteiger partial charge in [0.15, 0.2) is 0 Å². The van der Waals surface area contributed by atoms with Crippen LogP contribution in [0.15, 0.2) is 35.7 Å². The number of hydrogen-bond acceptors (Lipinski definition) is 6. The lowest BCUT2D eigenvalue weighted by atomic mass is 9.82. The molecule has 0 bridgehead atoms. The molecule has 1 fully saturated rings. The fourth-order valence-electron chi connectivity index (χ4n) is 4.73. The fourth-order valence-corrected chi connectivity index (χ4v) is 4.86. The summed E-state index contributed by atoms with van der Waals surface area (Å²) >= 11 is 6.03. The van der Waals surface area contributed by atoms with E-state index in [0.29, 0.717) is 29.3 Å². The van der Waals surface area contributed by atoms with E-state index in [1.165, 1.54) is 5.01 Å². The van der Waals surface area contributed by atoms with E-state index >= 15 is 0 Å². The Kier molecular flexibility index (Phi) is 6.71. The fraction of sp³-hybridized carbons (Fsp3) is 0.478. The van der Waals surface area contributed by atoms with Gasteiger partial charge in [0.1, 0.15) is 12.7 Å². The number of aliphatic carboxylic acids is 1. The van der Waals surface area contributed by atoms with Gasteiger partial charge in [-0.1, -0.05) is 37.1 Å². The van der Waals surface area contributed by atoms with Gasteiger partial charge in [0.2, 0.25) is 10.8 Å². The monoisotopic (exact) mass is 474 g/mol. The summed E-state index contributed by atoms with van der Waals surface area (Å²) in [6, 6.07) is 7.33. The Hall–Kier alpha value is -2.91. The van der Waals surface area contributed by atoms with E-state index in [1.54, 1.807) is 25.3 Å². The van der Waals surface area contributed by atoms with E-state index in [4.69, 9.17) is 21.2 Å². The van der Waals surface area contributed by atoms with Gasteiger partial charge in [0.05, 0.1) is 18.1 Å². The van der Waals surface area contributed by atoms with Gasteiger partial charge in [-0.2, -0.15) is 0 Å². The summed E-state index contributed by atoms with van der Waals surface area (Å²) in [5, 5.41) is 28.8. The average Bonchev–Trinajstić information content (AvgIpc) is 3.42. The molecule has 4 rings (SSSR count). The molecule has 0 saturated carbocycles. The number of aryl methyl sites for hydroxylation is 1. The van der Waals surface area contributed by atoms with Gasteiger partial charge in [-0.25, -0.2) is 4.79 Å². The summed E-state index contributed by atoms with van der Waals surface area (Å²) in [4.78, 5) is 22.7. The van der Waals surface area contributed by atoms with Gasteiger partial charge in [-0.15, -0.1) is 5.01 Å². The van der Waals surface area contributed by atoms with Crippen LogP contribution in [-0.2, 0) is 26.5 Å². The average molecular weight is 475 g/mol. The number of ether oxygens (including phenoxy) is 1. The van der Waals surface area contributed by atoms with Crippen molar-refractivity contribution in [2.24, 2.45) is 5.28 Å². The molecule has 2 aromatic rings. The molecule has 3 heterocycles. The zero-order chi connectivity index (χ0) is 23.6. The maximum atomic E-state index is 12.9. The van der Waals surface area contributed by atoms with Crippen molar-refractivity contribution in [3.05, 3.63) is 68.6 Å². The van der Waals surface area contributed by atoms with Crippen molar-refractivity contribution in [1.82, 2.24) is 9.99 Å². The van der Waals surface area contributed by atoms with Crippen molar-refractivity contribution in [3.8, 4) is 0 Å². The second-order valence-electron chi connectivity index (χ2n) is 8.31. The van der Waals surface area contributed by atoms with Gasteiger partial charge in [-0.05, 0) is 49.4 Å². The van der Waals surface area contributed by atoms with Crippen LogP contribution in [-0.4, -0.2) is 39.2 Å². The summed E-state index contributed by atoms with van der Waals surface area (Å²) in [5.41, 5.74) is 1.86. The Morgan fingerprint density at radius 3 is 2.91 bits per heavy atom. The minimum Gasteiger partial charge on any atom is -0.569 e. The number of hydrazine groups is 1. The molecule has 9 nitrogen and oxygen atoms in total. The SMILES string of the molecule is CCCCON=[N+]([O-])N1CCC[C@]1(C(=O)O)c1c(C)ncc2c1CO[C@H]2c1ccc(Cl)cc1. The van der Waals surface area contributed by atoms with Crippen molar-refractivity contribution >= 4 is 17.6 Å². The lowest BCUT2D eigenvalue weighted by molar-refractivity contribution is -0.722. The highest BCUT2D eigenvalue weighted by Gasteiger charge is 2.57. The molecule has 1 aromatic heterocycles. The number of carboxylic acids is 1. The van der Waals surface area contributed by atoms with E-state index in [9.17, 15) is 15.1 Å². The van der Waals surface area contributed by atoms with Crippen molar-refractivity contribution in [2.75, 3.05) is 13.2 Å². The molecule has 2 aliphatic rings. The third-order valence-electron chi connectivity index (χ3n) is 6.30. The maximum Gasteiger partial charge on any atom is 0.340 e. The van der Waals surface area contributed by atoms with Crippen molar-refractivity contribution in [1.29, 1.82) is 0 Å². The predicted molar refractivity (Wildman–Crippen MR) is 119 cm³/mol. The zero-order valence-corrected chi connectivity index (χ0v) is 19.4. The highest BCUT2D eigenvalue weighted by atomic mass is 35.5. The molecule has 0 aliphatic carbocycles. The lowest BCUT2D eigenvalue weighted by Crippen LogP contribution is -2.51. The van der Waals surface area contributed by atoms with Crippen LogP contribution in [0.3, 0.4) is 0 Å². The minimum absolute atomic E-state index is 0.215. The topological polar surface area (TPSA) is 110 Å². The van der Waals surface area contributed by atoms with E-state index in [1.807, 2.05) is 19.1 Å². The number of carbonyl (C=O) groups is 1. The Balaban J connectivity index is 1.77. The van der Waals surface area contributed by atoms with E-state index in [2.05, 4.69) is 10.3 Å². The second-order valence-corrected chi connectivity index (χ2v) is 8.74. The number of hydrogen-bond donors (Lipinski definition) is 1. The molecular weight excluding hydrogens is 448 g/mol. The summed E-state index contributed by atoms with van der Waals surface area (Å²) < 4.78 is 6.08. The third kappa shape index (κ3) is 4.11. The molecule has 0 spiro atoms. The number of carboxylic acid groups (broad SMARTS) is 1. The van der Waals surface area contributed by atoms with Crippen LogP contribution < -0.4 is 0 Å². The Bertz CT molecular complexity index is 1060. The number of nitrogens with zero attached hydrogens (tertiary/aromatic N) is 4. The predicted octanol–water partition coefficient (Wildman–Crippen LogP) is 4.65. The zero-order valence-electron chi connectivity index (χ0n) is 18.7. The van der Waals surface area contributed by atoms with Crippen LogP contribution in [0, 0.1) is 12.1 Å². The molecule has 2 atom stereocenters. The van der Waals surface area contributed by atoms with Gasteiger partial charge >= 0.3 is 5.97 Å². The van der Waals surface area contributed by atoms with Crippen LogP contribution >= 0.6 is 11.6 Å². The largest absolute Gasteiger partial charge is 0.569 e. The number of halogens is 1. The molecule has 10 heteroatoms. The van der Waals surface area contributed by atoms with Crippen LogP contribution in [0.4, 0.5) is 0 Å².